The molecule has 0 bridgehead atoms. The van der Waals surface area contributed by atoms with E-state index in [9.17, 15) is 4.79 Å². The Bertz CT molecular complexity index is 1030. The third-order valence-electron chi connectivity index (χ3n) is 5.19. The van der Waals surface area contributed by atoms with Gasteiger partial charge in [0.05, 0.1) is 6.42 Å². The molecular weight excluding hydrogens is 382 g/mol. The molecule has 154 valence electrons. The van der Waals surface area contributed by atoms with Gasteiger partial charge in [0.25, 0.3) is 5.78 Å². The number of hydrogen-bond acceptors (Lipinski definition) is 5. The van der Waals surface area contributed by atoms with Gasteiger partial charge in [0.1, 0.15) is 0 Å². The van der Waals surface area contributed by atoms with E-state index in [0.29, 0.717) is 22.8 Å². The summed E-state index contributed by atoms with van der Waals surface area (Å²) in [5.74, 6) is 1.18. The van der Waals surface area contributed by atoms with Crippen LogP contribution in [0.3, 0.4) is 0 Å². The Balaban J connectivity index is 1.94. The summed E-state index contributed by atoms with van der Waals surface area (Å²) in [6.45, 7) is 12.5. The molecule has 0 radical (unpaired) electrons. The summed E-state index contributed by atoms with van der Waals surface area (Å²) in [6, 6.07) is 6.26. The van der Waals surface area contributed by atoms with Gasteiger partial charge in [0, 0.05) is 22.6 Å². The maximum Gasteiger partial charge on any atom is 0.253 e. The minimum absolute atomic E-state index is 0.0439. The Hall–Kier alpha value is -2.41. The lowest BCUT2D eigenvalue weighted by atomic mass is 9.92. The molecule has 0 spiro atoms. The lowest BCUT2D eigenvalue weighted by molar-refractivity contribution is -0.115. The van der Waals surface area contributed by atoms with E-state index in [2.05, 4.69) is 66.3 Å². The summed E-state index contributed by atoms with van der Waals surface area (Å²) in [4.78, 5) is 22.0. The van der Waals surface area contributed by atoms with Gasteiger partial charge in [-0.2, -0.15) is 4.98 Å². The number of amides is 1. The Labute approximate surface area is 176 Å². The summed E-state index contributed by atoms with van der Waals surface area (Å²) in [7, 11) is 0. The van der Waals surface area contributed by atoms with Crippen molar-refractivity contribution in [1.29, 1.82) is 0 Å². The maximum absolute atomic E-state index is 13.0. The number of carbonyl (C=O) groups excluding carboxylic acids is 1. The van der Waals surface area contributed by atoms with E-state index >= 15 is 0 Å². The van der Waals surface area contributed by atoms with Crippen LogP contribution in [0.25, 0.3) is 5.78 Å². The molecule has 0 aliphatic rings. The summed E-state index contributed by atoms with van der Waals surface area (Å²) in [5.41, 5.74) is 5.86. The first-order chi connectivity index (χ1) is 13.7. The van der Waals surface area contributed by atoms with Crippen molar-refractivity contribution in [3.05, 3.63) is 46.3 Å². The van der Waals surface area contributed by atoms with Gasteiger partial charge in [-0.15, -0.1) is 5.10 Å². The first kappa shape index (κ1) is 21.3. The van der Waals surface area contributed by atoms with E-state index < -0.39 is 0 Å². The van der Waals surface area contributed by atoms with Crippen LogP contribution >= 0.6 is 11.8 Å². The molecule has 7 heteroatoms. The predicted octanol–water partition coefficient (Wildman–Crippen LogP) is 4.89. The molecule has 2 heterocycles. The molecule has 2 aromatic heterocycles. The molecule has 29 heavy (non-hydrogen) atoms. The highest BCUT2D eigenvalue weighted by Crippen LogP contribution is 2.32. The van der Waals surface area contributed by atoms with Crippen LogP contribution in [0.5, 0.6) is 0 Å². The van der Waals surface area contributed by atoms with Gasteiger partial charge in [-0.1, -0.05) is 57.7 Å². The van der Waals surface area contributed by atoms with Crippen LogP contribution in [0.1, 0.15) is 67.6 Å². The number of anilines is 1. The number of nitrogens with zero attached hydrogens (tertiary/aromatic N) is 4. The zero-order valence-electron chi connectivity index (χ0n) is 18.2. The van der Waals surface area contributed by atoms with Crippen LogP contribution in [-0.4, -0.2) is 31.7 Å². The van der Waals surface area contributed by atoms with E-state index in [0.717, 1.165) is 33.8 Å². The standard InChI is InChI=1S/C22H29N5OS/c1-12(2)16-9-8-10-17(13(3)4)20(16)24-19(28)11-18-14(5)23-21-25-22(29-7)26-27(21)15(18)6/h8-10,12-13H,11H2,1-7H3,(H,24,28). The van der Waals surface area contributed by atoms with Gasteiger partial charge < -0.3 is 5.32 Å². The second kappa shape index (κ2) is 8.53. The first-order valence-electron chi connectivity index (χ1n) is 9.92. The predicted molar refractivity (Wildman–Crippen MR) is 119 cm³/mol. The van der Waals surface area contributed by atoms with Crippen LogP contribution in [0, 0.1) is 13.8 Å². The van der Waals surface area contributed by atoms with Crippen molar-refractivity contribution >= 4 is 29.1 Å². The minimum atomic E-state index is -0.0439. The molecule has 0 unspecified atom stereocenters. The Morgan fingerprint density at radius 3 is 2.28 bits per heavy atom. The highest BCUT2D eigenvalue weighted by Gasteiger charge is 2.19. The summed E-state index contributed by atoms with van der Waals surface area (Å²) in [5, 5.41) is 8.34. The van der Waals surface area contributed by atoms with Crippen molar-refractivity contribution in [2.24, 2.45) is 0 Å². The quantitative estimate of drug-likeness (QED) is 0.585. The van der Waals surface area contributed by atoms with Crippen LogP contribution in [0.15, 0.2) is 23.4 Å². The molecule has 3 aromatic rings. The van der Waals surface area contributed by atoms with Gasteiger partial charge in [0.15, 0.2) is 0 Å². The molecule has 0 aliphatic heterocycles. The van der Waals surface area contributed by atoms with E-state index in [1.54, 1.807) is 4.52 Å². The number of para-hydroxylation sites is 1. The first-order valence-corrected chi connectivity index (χ1v) is 11.1. The average molecular weight is 412 g/mol. The van der Waals surface area contributed by atoms with Gasteiger partial charge in [0.2, 0.25) is 11.1 Å². The number of benzene rings is 1. The summed E-state index contributed by atoms with van der Waals surface area (Å²) >= 11 is 1.48. The van der Waals surface area contributed by atoms with Crippen molar-refractivity contribution in [2.45, 2.75) is 65.0 Å². The molecule has 0 fully saturated rings. The number of aryl methyl sites for hydroxylation is 2. The number of hydrogen-bond donors (Lipinski definition) is 1. The molecule has 0 atom stereocenters. The van der Waals surface area contributed by atoms with Crippen molar-refractivity contribution in [1.82, 2.24) is 19.6 Å². The van der Waals surface area contributed by atoms with E-state index in [-0.39, 0.29) is 12.3 Å². The largest absolute Gasteiger partial charge is 0.325 e. The van der Waals surface area contributed by atoms with E-state index in [1.165, 1.54) is 11.8 Å². The topological polar surface area (TPSA) is 72.2 Å². The molecule has 1 aromatic carbocycles. The Morgan fingerprint density at radius 2 is 1.72 bits per heavy atom. The van der Waals surface area contributed by atoms with Crippen molar-refractivity contribution in [3.63, 3.8) is 0 Å². The lowest BCUT2D eigenvalue weighted by Gasteiger charge is -2.20. The smallest absolute Gasteiger partial charge is 0.253 e. The van der Waals surface area contributed by atoms with E-state index in [4.69, 9.17) is 0 Å². The fourth-order valence-corrected chi connectivity index (χ4v) is 3.91. The lowest BCUT2D eigenvalue weighted by Crippen LogP contribution is -2.20. The number of fused-ring (bicyclic) bond motifs is 1. The fraction of sp³-hybridized carbons (Fsp3) is 0.455. The van der Waals surface area contributed by atoms with Gasteiger partial charge in [-0.25, -0.2) is 9.50 Å². The van der Waals surface area contributed by atoms with Gasteiger partial charge >= 0.3 is 0 Å². The van der Waals surface area contributed by atoms with Crippen molar-refractivity contribution in [2.75, 3.05) is 11.6 Å². The van der Waals surface area contributed by atoms with Crippen LogP contribution in [0.4, 0.5) is 5.69 Å². The third-order valence-corrected chi connectivity index (χ3v) is 5.72. The van der Waals surface area contributed by atoms with E-state index in [1.807, 2.05) is 20.1 Å². The highest BCUT2D eigenvalue weighted by atomic mass is 32.2. The second-order valence-corrected chi connectivity index (χ2v) is 8.69. The maximum atomic E-state index is 13.0. The van der Waals surface area contributed by atoms with Crippen LogP contribution < -0.4 is 5.32 Å². The minimum Gasteiger partial charge on any atom is -0.325 e. The molecule has 0 saturated carbocycles. The molecule has 6 nitrogen and oxygen atoms in total. The monoisotopic (exact) mass is 411 g/mol. The Morgan fingerprint density at radius 1 is 1.10 bits per heavy atom. The third kappa shape index (κ3) is 4.29. The number of nitrogens with one attached hydrogen (secondary N) is 1. The van der Waals surface area contributed by atoms with Crippen molar-refractivity contribution < 1.29 is 4.79 Å². The number of rotatable bonds is 6. The zero-order chi connectivity index (χ0) is 21.3. The molecule has 0 aliphatic carbocycles. The van der Waals surface area contributed by atoms with Crippen LogP contribution in [0.2, 0.25) is 0 Å². The molecule has 1 amide bonds. The second-order valence-electron chi connectivity index (χ2n) is 7.92. The Kier molecular flexibility index (Phi) is 6.27. The average Bonchev–Trinajstić information content (AvgIpc) is 3.08. The summed E-state index contributed by atoms with van der Waals surface area (Å²) in [6.07, 6.45) is 2.18. The zero-order valence-corrected chi connectivity index (χ0v) is 19.0. The van der Waals surface area contributed by atoms with Crippen molar-refractivity contribution in [3.8, 4) is 0 Å². The number of carbonyl (C=O) groups is 1. The SMILES string of the molecule is CSc1nc2nc(C)c(CC(=O)Nc3c(C(C)C)cccc3C(C)C)c(C)n2n1. The molecule has 1 N–H and O–H groups in total. The summed E-state index contributed by atoms with van der Waals surface area (Å²) < 4.78 is 1.73. The molecule has 0 saturated heterocycles. The van der Waals surface area contributed by atoms with Gasteiger partial charge in [-0.3, -0.25) is 4.79 Å². The number of aromatic nitrogens is 4. The molecule has 3 rings (SSSR count). The fourth-order valence-electron chi connectivity index (χ4n) is 3.57. The van der Waals surface area contributed by atoms with Gasteiger partial charge in [-0.05, 0) is 43.1 Å². The normalized spacial score (nSPS) is 11.6. The molecular formula is C22H29N5OS. The van der Waals surface area contributed by atoms with Crippen LogP contribution in [-0.2, 0) is 11.2 Å². The number of thioether (sulfide) groups is 1. The highest BCUT2D eigenvalue weighted by molar-refractivity contribution is 7.98.